The third-order valence-electron chi connectivity index (χ3n) is 3.94. The van der Waals surface area contributed by atoms with Crippen molar-refractivity contribution in [3.05, 3.63) is 11.8 Å². The molecule has 0 unspecified atom stereocenters. The first kappa shape index (κ1) is 19.4. The zero-order valence-electron chi connectivity index (χ0n) is 14.9. The number of piperazine rings is 1. The second-order valence-corrected chi connectivity index (χ2v) is 6.12. The van der Waals surface area contributed by atoms with Crippen LogP contribution in [0.5, 0.6) is 0 Å². The topological polar surface area (TPSA) is 99.9 Å². The fourth-order valence-electron chi connectivity index (χ4n) is 2.62. The van der Waals surface area contributed by atoms with Crippen molar-refractivity contribution in [2.45, 2.75) is 13.3 Å². The first-order valence-corrected chi connectivity index (χ1v) is 8.50. The number of anilines is 1. The van der Waals surface area contributed by atoms with E-state index in [0.29, 0.717) is 37.8 Å². The molecule has 1 aromatic rings. The first-order chi connectivity index (χ1) is 12.1. The number of ether oxygens (including phenoxy) is 1. The molecule has 0 bridgehead atoms. The molecule has 1 aliphatic rings. The number of methoxy groups -OCH3 is 1. The summed E-state index contributed by atoms with van der Waals surface area (Å²) in [6, 6.07) is 1.68. The molecule has 2 amide bonds. The van der Waals surface area contributed by atoms with Crippen LogP contribution >= 0.6 is 0 Å². The fourth-order valence-corrected chi connectivity index (χ4v) is 2.62. The van der Waals surface area contributed by atoms with Gasteiger partial charge in [0.25, 0.3) is 0 Å². The van der Waals surface area contributed by atoms with E-state index in [-0.39, 0.29) is 11.8 Å². The van der Waals surface area contributed by atoms with E-state index in [1.54, 1.807) is 20.1 Å². The maximum Gasteiger partial charge on any atom is 0.239 e. The molecule has 0 radical (unpaired) electrons. The van der Waals surface area contributed by atoms with E-state index in [4.69, 9.17) is 9.26 Å². The lowest BCUT2D eigenvalue weighted by atomic mass is 10.3. The summed E-state index contributed by atoms with van der Waals surface area (Å²) in [6.07, 6.45) is 0.816. The summed E-state index contributed by atoms with van der Waals surface area (Å²) in [6.45, 7) is 6.79. The van der Waals surface area contributed by atoms with Crippen LogP contribution in [0.4, 0.5) is 5.82 Å². The number of aromatic nitrogens is 1. The number of hydrogen-bond donors (Lipinski definition) is 2. The molecule has 1 aliphatic heterocycles. The molecule has 2 N–H and O–H groups in total. The van der Waals surface area contributed by atoms with E-state index in [0.717, 1.165) is 32.6 Å². The van der Waals surface area contributed by atoms with E-state index >= 15 is 0 Å². The highest BCUT2D eigenvalue weighted by Crippen LogP contribution is 2.07. The van der Waals surface area contributed by atoms with Crippen LogP contribution in [-0.4, -0.2) is 86.3 Å². The smallest absolute Gasteiger partial charge is 0.239 e. The third kappa shape index (κ3) is 7.20. The Kier molecular flexibility index (Phi) is 7.83. The molecule has 1 saturated heterocycles. The number of carbonyl (C=O) groups is 2. The summed E-state index contributed by atoms with van der Waals surface area (Å²) in [4.78, 5) is 28.0. The number of rotatable bonds is 9. The van der Waals surface area contributed by atoms with Crippen LogP contribution in [0, 0.1) is 6.92 Å². The molecule has 0 spiro atoms. The molecule has 0 aliphatic carbocycles. The van der Waals surface area contributed by atoms with Gasteiger partial charge in [-0.1, -0.05) is 5.16 Å². The fraction of sp³-hybridized carbons (Fsp3) is 0.688. The molecule has 2 rings (SSSR count). The van der Waals surface area contributed by atoms with Gasteiger partial charge >= 0.3 is 0 Å². The Morgan fingerprint density at radius 3 is 2.40 bits per heavy atom. The Labute approximate surface area is 147 Å². The van der Waals surface area contributed by atoms with Crippen molar-refractivity contribution < 1.29 is 18.8 Å². The van der Waals surface area contributed by atoms with Crippen LogP contribution < -0.4 is 10.6 Å². The van der Waals surface area contributed by atoms with Gasteiger partial charge in [-0.25, -0.2) is 0 Å². The highest BCUT2D eigenvalue weighted by molar-refractivity contribution is 5.91. The minimum atomic E-state index is -0.113. The van der Waals surface area contributed by atoms with Crippen molar-refractivity contribution in [3.63, 3.8) is 0 Å². The average molecular weight is 353 g/mol. The second-order valence-electron chi connectivity index (χ2n) is 6.12. The van der Waals surface area contributed by atoms with Gasteiger partial charge in [-0.3, -0.25) is 19.4 Å². The van der Waals surface area contributed by atoms with E-state index < -0.39 is 0 Å². The molecule has 0 aromatic carbocycles. The first-order valence-electron chi connectivity index (χ1n) is 8.50. The Balaban J connectivity index is 1.60. The van der Waals surface area contributed by atoms with E-state index in [1.807, 2.05) is 0 Å². The molecule has 9 nitrogen and oxygen atoms in total. The predicted molar refractivity (Wildman–Crippen MR) is 92.3 cm³/mol. The van der Waals surface area contributed by atoms with Crippen LogP contribution in [0.2, 0.25) is 0 Å². The summed E-state index contributed by atoms with van der Waals surface area (Å²) in [5.41, 5.74) is 0. The van der Waals surface area contributed by atoms with Gasteiger partial charge in [0.15, 0.2) is 5.82 Å². The van der Waals surface area contributed by atoms with Crippen molar-refractivity contribution >= 4 is 17.6 Å². The Morgan fingerprint density at radius 2 is 1.84 bits per heavy atom. The van der Waals surface area contributed by atoms with Gasteiger partial charge in [0.2, 0.25) is 11.8 Å². The standard InChI is InChI=1S/C16H27N5O4/c1-13-10-14(19-25-13)18-16(23)12-21-7-5-20(6-8-21)11-15(22)17-4-3-9-24-2/h10H,3-9,11-12H2,1-2H3,(H,17,22)(H,18,19,23). The largest absolute Gasteiger partial charge is 0.385 e. The molecule has 0 atom stereocenters. The summed E-state index contributed by atoms with van der Waals surface area (Å²) >= 11 is 0. The maximum absolute atomic E-state index is 12.0. The van der Waals surface area contributed by atoms with Crippen LogP contribution in [0.25, 0.3) is 0 Å². The molecule has 9 heteroatoms. The summed E-state index contributed by atoms with van der Waals surface area (Å²) in [5, 5.41) is 9.34. The molecule has 0 saturated carbocycles. The Morgan fingerprint density at radius 1 is 1.20 bits per heavy atom. The van der Waals surface area contributed by atoms with Crippen molar-refractivity contribution in [1.29, 1.82) is 0 Å². The van der Waals surface area contributed by atoms with E-state index in [9.17, 15) is 9.59 Å². The number of hydrogen-bond acceptors (Lipinski definition) is 7. The number of amides is 2. The summed E-state index contributed by atoms with van der Waals surface area (Å²) in [7, 11) is 1.65. The predicted octanol–water partition coefficient (Wildman–Crippen LogP) is -0.308. The Bertz CT molecular complexity index is 554. The van der Waals surface area contributed by atoms with Gasteiger partial charge in [0, 0.05) is 52.5 Å². The van der Waals surface area contributed by atoms with E-state index in [1.165, 1.54) is 0 Å². The van der Waals surface area contributed by atoms with Crippen molar-refractivity contribution in [3.8, 4) is 0 Å². The lowest BCUT2D eigenvalue weighted by Crippen LogP contribution is -2.51. The normalized spacial score (nSPS) is 15.9. The van der Waals surface area contributed by atoms with Gasteiger partial charge in [-0.15, -0.1) is 0 Å². The van der Waals surface area contributed by atoms with Crippen LogP contribution in [0.3, 0.4) is 0 Å². The second kappa shape index (κ2) is 10.1. The third-order valence-corrected chi connectivity index (χ3v) is 3.94. The quantitative estimate of drug-likeness (QED) is 0.588. The minimum Gasteiger partial charge on any atom is -0.385 e. The van der Waals surface area contributed by atoms with Crippen LogP contribution in [0.1, 0.15) is 12.2 Å². The lowest BCUT2D eigenvalue weighted by Gasteiger charge is -2.33. The van der Waals surface area contributed by atoms with Crippen molar-refractivity contribution in [2.75, 3.05) is 64.8 Å². The number of nitrogens with zero attached hydrogens (tertiary/aromatic N) is 3. The van der Waals surface area contributed by atoms with Gasteiger partial charge in [-0.2, -0.15) is 0 Å². The average Bonchev–Trinajstić information content (AvgIpc) is 2.98. The Hall–Kier alpha value is -1.97. The van der Waals surface area contributed by atoms with Gasteiger partial charge in [-0.05, 0) is 13.3 Å². The molecule has 1 aromatic heterocycles. The molecule has 1 fully saturated rings. The number of nitrogens with one attached hydrogen (secondary N) is 2. The van der Waals surface area contributed by atoms with Gasteiger partial charge in [0.05, 0.1) is 13.1 Å². The van der Waals surface area contributed by atoms with Gasteiger partial charge < -0.3 is 19.9 Å². The maximum atomic E-state index is 12.0. The minimum absolute atomic E-state index is 0.0312. The zero-order valence-corrected chi connectivity index (χ0v) is 14.9. The molecular weight excluding hydrogens is 326 g/mol. The highest BCUT2D eigenvalue weighted by atomic mass is 16.5. The summed E-state index contributed by atoms with van der Waals surface area (Å²) < 4.78 is 9.86. The van der Waals surface area contributed by atoms with Crippen molar-refractivity contribution in [1.82, 2.24) is 20.3 Å². The number of carbonyl (C=O) groups excluding carboxylic acids is 2. The highest BCUT2D eigenvalue weighted by Gasteiger charge is 2.20. The lowest BCUT2D eigenvalue weighted by molar-refractivity contribution is -0.123. The van der Waals surface area contributed by atoms with Crippen molar-refractivity contribution in [2.24, 2.45) is 0 Å². The zero-order chi connectivity index (χ0) is 18.1. The van der Waals surface area contributed by atoms with E-state index in [2.05, 4.69) is 25.6 Å². The number of aryl methyl sites for hydroxylation is 1. The summed E-state index contributed by atoms with van der Waals surface area (Å²) in [5.74, 6) is 1.01. The SMILES string of the molecule is COCCCNC(=O)CN1CCN(CC(=O)Nc2cc(C)on2)CC1. The molecular formula is C16H27N5O4. The molecule has 25 heavy (non-hydrogen) atoms. The van der Waals surface area contributed by atoms with Crippen LogP contribution in [0.15, 0.2) is 10.6 Å². The molecule has 140 valence electrons. The monoisotopic (exact) mass is 353 g/mol. The molecule has 2 heterocycles. The van der Waals surface area contributed by atoms with Gasteiger partial charge in [0.1, 0.15) is 5.76 Å². The van der Waals surface area contributed by atoms with Crippen LogP contribution in [-0.2, 0) is 14.3 Å².